The standard InChI is InChI=1S/C15H15NO/c1-11-10-12-6-5-9-14(15(12)17-11)16-13-7-3-2-4-8-13/h2-9,11,16H,10H2,1H3. The van der Waals surface area contributed by atoms with E-state index in [0.29, 0.717) is 0 Å². The SMILES string of the molecule is CC1Cc2cccc(Nc3ccccc3)c2O1. The van der Waals surface area contributed by atoms with Gasteiger partial charge in [-0.2, -0.15) is 0 Å². The number of fused-ring (bicyclic) bond motifs is 1. The fraction of sp³-hybridized carbons (Fsp3) is 0.200. The van der Waals surface area contributed by atoms with Gasteiger partial charge in [0.05, 0.1) is 5.69 Å². The van der Waals surface area contributed by atoms with Crippen LogP contribution >= 0.6 is 0 Å². The molecule has 1 heterocycles. The largest absolute Gasteiger partial charge is 0.488 e. The Kier molecular flexibility index (Phi) is 2.48. The van der Waals surface area contributed by atoms with E-state index in [-0.39, 0.29) is 6.10 Å². The molecule has 86 valence electrons. The first-order valence-electron chi connectivity index (χ1n) is 5.93. The molecule has 17 heavy (non-hydrogen) atoms. The summed E-state index contributed by atoms with van der Waals surface area (Å²) < 4.78 is 5.85. The number of nitrogens with one attached hydrogen (secondary N) is 1. The molecular formula is C15H15NO. The second-order valence-electron chi connectivity index (χ2n) is 4.42. The van der Waals surface area contributed by atoms with Gasteiger partial charge in [-0.15, -0.1) is 0 Å². The first-order chi connectivity index (χ1) is 8.33. The average molecular weight is 225 g/mol. The van der Waals surface area contributed by atoms with Crippen molar-refractivity contribution in [3.63, 3.8) is 0 Å². The highest BCUT2D eigenvalue weighted by atomic mass is 16.5. The summed E-state index contributed by atoms with van der Waals surface area (Å²) in [6, 6.07) is 16.4. The van der Waals surface area contributed by atoms with E-state index in [9.17, 15) is 0 Å². The highest BCUT2D eigenvalue weighted by molar-refractivity contribution is 5.69. The zero-order valence-corrected chi connectivity index (χ0v) is 9.81. The van der Waals surface area contributed by atoms with Gasteiger partial charge >= 0.3 is 0 Å². The molecule has 0 amide bonds. The topological polar surface area (TPSA) is 21.3 Å². The van der Waals surface area contributed by atoms with Gasteiger partial charge in [-0.3, -0.25) is 0 Å². The highest BCUT2D eigenvalue weighted by Gasteiger charge is 2.21. The van der Waals surface area contributed by atoms with E-state index in [1.54, 1.807) is 0 Å². The quantitative estimate of drug-likeness (QED) is 0.840. The summed E-state index contributed by atoms with van der Waals surface area (Å²) in [7, 11) is 0. The zero-order valence-electron chi connectivity index (χ0n) is 9.81. The van der Waals surface area contributed by atoms with Crippen LogP contribution < -0.4 is 10.1 Å². The van der Waals surface area contributed by atoms with Crippen molar-refractivity contribution in [3.8, 4) is 5.75 Å². The number of benzene rings is 2. The second-order valence-corrected chi connectivity index (χ2v) is 4.42. The number of anilines is 2. The zero-order chi connectivity index (χ0) is 11.7. The number of para-hydroxylation sites is 2. The molecule has 0 saturated carbocycles. The van der Waals surface area contributed by atoms with E-state index in [0.717, 1.165) is 23.5 Å². The molecule has 0 radical (unpaired) electrons. The van der Waals surface area contributed by atoms with Crippen molar-refractivity contribution in [1.29, 1.82) is 0 Å². The molecule has 1 unspecified atom stereocenters. The van der Waals surface area contributed by atoms with Gasteiger partial charge in [-0.25, -0.2) is 0 Å². The Hall–Kier alpha value is -1.96. The molecule has 2 heteroatoms. The molecule has 1 N–H and O–H groups in total. The van der Waals surface area contributed by atoms with Crippen LogP contribution in [0.5, 0.6) is 5.75 Å². The summed E-state index contributed by atoms with van der Waals surface area (Å²) in [5.74, 6) is 1.00. The lowest BCUT2D eigenvalue weighted by Gasteiger charge is -2.11. The van der Waals surface area contributed by atoms with E-state index in [4.69, 9.17) is 4.74 Å². The van der Waals surface area contributed by atoms with Gasteiger partial charge in [0.1, 0.15) is 11.9 Å². The molecule has 2 nitrogen and oxygen atoms in total. The Bertz CT molecular complexity index is 522. The van der Waals surface area contributed by atoms with Gasteiger partial charge in [0.15, 0.2) is 0 Å². The number of rotatable bonds is 2. The van der Waals surface area contributed by atoms with Crippen molar-refractivity contribution in [3.05, 3.63) is 54.1 Å². The third kappa shape index (κ3) is 1.98. The minimum absolute atomic E-state index is 0.281. The van der Waals surface area contributed by atoms with Crippen LogP contribution in [0.1, 0.15) is 12.5 Å². The summed E-state index contributed by atoms with van der Waals surface area (Å²) in [4.78, 5) is 0. The lowest BCUT2D eigenvalue weighted by Crippen LogP contribution is -2.05. The average Bonchev–Trinajstić information content (AvgIpc) is 2.72. The summed E-state index contributed by atoms with van der Waals surface area (Å²) in [5, 5.41) is 3.40. The summed E-state index contributed by atoms with van der Waals surface area (Å²) >= 11 is 0. The van der Waals surface area contributed by atoms with Gasteiger partial charge in [0.25, 0.3) is 0 Å². The number of ether oxygens (including phenoxy) is 1. The lowest BCUT2D eigenvalue weighted by atomic mass is 10.1. The summed E-state index contributed by atoms with van der Waals surface area (Å²) in [5.41, 5.74) is 3.43. The monoisotopic (exact) mass is 225 g/mol. The highest BCUT2D eigenvalue weighted by Crippen LogP contribution is 2.37. The third-order valence-corrected chi connectivity index (χ3v) is 2.98. The fourth-order valence-electron chi connectivity index (χ4n) is 2.21. The molecule has 0 saturated heterocycles. The van der Waals surface area contributed by atoms with Crippen LogP contribution in [0.2, 0.25) is 0 Å². The van der Waals surface area contributed by atoms with Crippen LogP contribution in [0.25, 0.3) is 0 Å². The second kappa shape index (κ2) is 4.13. The molecule has 1 aliphatic heterocycles. The van der Waals surface area contributed by atoms with Crippen molar-refractivity contribution in [2.75, 3.05) is 5.32 Å². The normalized spacial score (nSPS) is 17.4. The molecule has 0 fully saturated rings. The van der Waals surface area contributed by atoms with Gasteiger partial charge in [0, 0.05) is 12.1 Å². The van der Waals surface area contributed by atoms with Crippen molar-refractivity contribution in [2.45, 2.75) is 19.4 Å². The van der Waals surface area contributed by atoms with E-state index < -0.39 is 0 Å². The van der Waals surface area contributed by atoms with Crippen molar-refractivity contribution in [2.24, 2.45) is 0 Å². The molecule has 0 bridgehead atoms. The van der Waals surface area contributed by atoms with E-state index in [1.165, 1.54) is 5.56 Å². The Labute approximate surface area is 101 Å². The summed E-state index contributed by atoms with van der Waals surface area (Å²) in [6.45, 7) is 2.10. The van der Waals surface area contributed by atoms with Gasteiger partial charge in [-0.05, 0) is 30.7 Å². The maximum Gasteiger partial charge on any atom is 0.146 e. The molecule has 2 aromatic carbocycles. The first-order valence-corrected chi connectivity index (χ1v) is 5.93. The Morgan fingerprint density at radius 2 is 1.88 bits per heavy atom. The van der Waals surface area contributed by atoms with E-state index in [1.807, 2.05) is 18.2 Å². The number of hydrogen-bond acceptors (Lipinski definition) is 2. The summed E-state index contributed by atoms with van der Waals surface area (Å²) in [6.07, 6.45) is 1.28. The van der Waals surface area contributed by atoms with Gasteiger partial charge in [-0.1, -0.05) is 30.3 Å². The van der Waals surface area contributed by atoms with Crippen molar-refractivity contribution < 1.29 is 4.74 Å². The molecule has 0 aliphatic carbocycles. The van der Waals surface area contributed by atoms with Crippen LogP contribution in [0.4, 0.5) is 11.4 Å². The van der Waals surface area contributed by atoms with E-state index in [2.05, 4.69) is 42.6 Å². The molecule has 2 aromatic rings. The molecule has 1 aliphatic rings. The minimum Gasteiger partial charge on any atom is -0.488 e. The molecule has 1 atom stereocenters. The van der Waals surface area contributed by atoms with Crippen LogP contribution in [0.15, 0.2) is 48.5 Å². The van der Waals surface area contributed by atoms with E-state index >= 15 is 0 Å². The van der Waals surface area contributed by atoms with Crippen LogP contribution in [-0.4, -0.2) is 6.10 Å². The minimum atomic E-state index is 0.281. The Morgan fingerprint density at radius 1 is 1.06 bits per heavy atom. The Morgan fingerprint density at radius 3 is 2.71 bits per heavy atom. The Balaban J connectivity index is 1.93. The predicted octanol–water partition coefficient (Wildman–Crippen LogP) is 3.75. The van der Waals surface area contributed by atoms with Crippen LogP contribution in [0, 0.1) is 0 Å². The van der Waals surface area contributed by atoms with Gasteiger partial charge in [0.2, 0.25) is 0 Å². The molecule has 0 aromatic heterocycles. The first kappa shape index (κ1) is 10.2. The van der Waals surface area contributed by atoms with Crippen LogP contribution in [-0.2, 0) is 6.42 Å². The number of hydrogen-bond donors (Lipinski definition) is 1. The maximum atomic E-state index is 5.85. The molecule has 0 spiro atoms. The van der Waals surface area contributed by atoms with Crippen molar-refractivity contribution >= 4 is 11.4 Å². The molecular weight excluding hydrogens is 210 g/mol. The fourth-order valence-corrected chi connectivity index (χ4v) is 2.21. The predicted molar refractivity (Wildman–Crippen MR) is 70.0 cm³/mol. The van der Waals surface area contributed by atoms with Gasteiger partial charge < -0.3 is 10.1 Å². The maximum absolute atomic E-state index is 5.85. The smallest absolute Gasteiger partial charge is 0.146 e. The third-order valence-electron chi connectivity index (χ3n) is 2.98. The lowest BCUT2D eigenvalue weighted by molar-refractivity contribution is 0.256. The molecule has 3 rings (SSSR count). The van der Waals surface area contributed by atoms with Crippen LogP contribution in [0.3, 0.4) is 0 Å². The van der Waals surface area contributed by atoms with Crippen molar-refractivity contribution in [1.82, 2.24) is 0 Å².